The molecule has 1 aliphatic heterocycles. The molecule has 1 aromatic heterocycles. The highest BCUT2D eigenvalue weighted by atomic mass is 16.5. The lowest BCUT2D eigenvalue weighted by Gasteiger charge is -2.32. The van der Waals surface area contributed by atoms with Crippen molar-refractivity contribution in [2.75, 3.05) is 27.3 Å². The Morgan fingerprint density at radius 2 is 2.04 bits per heavy atom. The molecule has 2 heterocycles. The van der Waals surface area contributed by atoms with Gasteiger partial charge in [0.1, 0.15) is 5.82 Å². The van der Waals surface area contributed by atoms with Gasteiger partial charge < -0.3 is 14.5 Å². The summed E-state index contributed by atoms with van der Waals surface area (Å²) < 4.78 is 10.7. The lowest BCUT2D eigenvalue weighted by atomic mass is 9.96. The first-order valence-corrected chi connectivity index (χ1v) is 8.60. The maximum absolute atomic E-state index is 11.7. The number of aromatic amines is 1. The highest BCUT2D eigenvalue weighted by molar-refractivity contribution is 5.42. The van der Waals surface area contributed by atoms with Crippen LogP contribution in [0.5, 0.6) is 11.5 Å². The van der Waals surface area contributed by atoms with E-state index >= 15 is 0 Å². The van der Waals surface area contributed by atoms with Gasteiger partial charge in [-0.1, -0.05) is 6.07 Å². The average Bonchev–Trinajstić information content (AvgIpc) is 2.61. The number of nitrogens with zero attached hydrogens (tertiary/aromatic N) is 2. The summed E-state index contributed by atoms with van der Waals surface area (Å²) in [5.41, 5.74) is 1.89. The van der Waals surface area contributed by atoms with E-state index < -0.39 is 0 Å². The molecule has 6 nitrogen and oxygen atoms in total. The highest BCUT2D eigenvalue weighted by Crippen LogP contribution is 2.30. The molecule has 0 unspecified atom stereocenters. The van der Waals surface area contributed by atoms with Gasteiger partial charge in [-0.15, -0.1) is 0 Å². The number of ether oxygens (including phenoxy) is 2. The molecule has 0 spiro atoms. The van der Waals surface area contributed by atoms with E-state index in [1.807, 2.05) is 19.1 Å². The summed E-state index contributed by atoms with van der Waals surface area (Å²) in [4.78, 5) is 21.6. The average molecular weight is 343 g/mol. The van der Waals surface area contributed by atoms with Crippen molar-refractivity contribution in [1.29, 1.82) is 0 Å². The lowest BCUT2D eigenvalue weighted by molar-refractivity contribution is 0.196. The molecule has 1 aliphatic rings. The molecule has 1 fully saturated rings. The van der Waals surface area contributed by atoms with Gasteiger partial charge in [-0.2, -0.15) is 0 Å². The maximum atomic E-state index is 11.7. The van der Waals surface area contributed by atoms with Gasteiger partial charge in [-0.25, -0.2) is 4.98 Å². The molecule has 0 radical (unpaired) electrons. The van der Waals surface area contributed by atoms with Crippen LogP contribution >= 0.6 is 0 Å². The second kappa shape index (κ2) is 7.70. The number of hydrogen-bond acceptors (Lipinski definition) is 5. The van der Waals surface area contributed by atoms with Gasteiger partial charge in [0.15, 0.2) is 11.5 Å². The number of aromatic nitrogens is 2. The predicted molar refractivity (Wildman–Crippen MR) is 96.4 cm³/mol. The summed E-state index contributed by atoms with van der Waals surface area (Å²) in [5.74, 6) is 2.56. The van der Waals surface area contributed by atoms with E-state index in [0.717, 1.165) is 55.5 Å². The van der Waals surface area contributed by atoms with Crippen molar-refractivity contribution in [3.8, 4) is 11.5 Å². The second-order valence-electron chi connectivity index (χ2n) is 6.54. The minimum atomic E-state index is -0.0699. The Bertz CT molecular complexity index is 788. The Morgan fingerprint density at radius 1 is 1.24 bits per heavy atom. The van der Waals surface area contributed by atoms with Crippen molar-refractivity contribution >= 4 is 0 Å². The van der Waals surface area contributed by atoms with Gasteiger partial charge in [0.2, 0.25) is 0 Å². The molecular formula is C19H25N3O3. The molecule has 0 amide bonds. The smallest absolute Gasteiger partial charge is 0.251 e. The minimum Gasteiger partial charge on any atom is -0.493 e. The third-order valence-electron chi connectivity index (χ3n) is 4.63. The first-order chi connectivity index (χ1) is 12.1. The monoisotopic (exact) mass is 343 g/mol. The van der Waals surface area contributed by atoms with E-state index in [0.29, 0.717) is 0 Å². The molecule has 1 saturated heterocycles. The quantitative estimate of drug-likeness (QED) is 0.903. The number of likely N-dealkylation sites (tertiary alicyclic amines) is 1. The van der Waals surface area contributed by atoms with E-state index in [4.69, 9.17) is 9.47 Å². The topological polar surface area (TPSA) is 67.5 Å². The lowest BCUT2D eigenvalue weighted by Crippen LogP contribution is -2.35. The van der Waals surface area contributed by atoms with E-state index in [1.165, 1.54) is 11.6 Å². The molecule has 0 saturated carbocycles. The van der Waals surface area contributed by atoms with Crippen molar-refractivity contribution in [2.45, 2.75) is 32.2 Å². The van der Waals surface area contributed by atoms with Gasteiger partial charge in [0.25, 0.3) is 5.56 Å². The normalized spacial score (nSPS) is 18.1. The first kappa shape index (κ1) is 17.5. The van der Waals surface area contributed by atoms with E-state index in [-0.39, 0.29) is 11.5 Å². The van der Waals surface area contributed by atoms with Gasteiger partial charge >= 0.3 is 0 Å². The van der Waals surface area contributed by atoms with E-state index in [2.05, 4.69) is 20.9 Å². The van der Waals surface area contributed by atoms with Crippen LogP contribution in [0.15, 0.2) is 29.1 Å². The van der Waals surface area contributed by atoms with Crippen LogP contribution in [0.3, 0.4) is 0 Å². The van der Waals surface area contributed by atoms with Crippen LogP contribution in [0.4, 0.5) is 0 Å². The number of nitrogens with one attached hydrogen (secondary N) is 1. The largest absolute Gasteiger partial charge is 0.493 e. The number of methoxy groups -OCH3 is 2. The number of H-pyrrole nitrogens is 1. The van der Waals surface area contributed by atoms with Crippen molar-refractivity contribution in [3.05, 3.63) is 51.7 Å². The molecule has 25 heavy (non-hydrogen) atoms. The van der Waals surface area contributed by atoms with Gasteiger partial charge in [-0.05, 0) is 44.0 Å². The zero-order valence-electron chi connectivity index (χ0n) is 15.0. The van der Waals surface area contributed by atoms with Crippen molar-refractivity contribution in [1.82, 2.24) is 14.9 Å². The van der Waals surface area contributed by atoms with Gasteiger partial charge in [0, 0.05) is 30.8 Å². The van der Waals surface area contributed by atoms with Crippen LogP contribution in [-0.2, 0) is 6.54 Å². The van der Waals surface area contributed by atoms with Crippen molar-refractivity contribution < 1.29 is 9.47 Å². The summed E-state index contributed by atoms with van der Waals surface area (Å²) in [6.07, 6.45) is 2.14. The van der Waals surface area contributed by atoms with Crippen LogP contribution in [0, 0.1) is 6.92 Å². The Hall–Kier alpha value is -2.34. The summed E-state index contributed by atoms with van der Waals surface area (Å²) in [5, 5.41) is 0. The molecule has 0 aliphatic carbocycles. The molecule has 1 N–H and O–H groups in total. The van der Waals surface area contributed by atoms with Crippen LogP contribution in [0.25, 0.3) is 0 Å². The SMILES string of the molecule is COc1ccc(CN2CCC[C@H](c3nc(C)cc(=O)[nH]3)C2)cc1OC. The maximum Gasteiger partial charge on any atom is 0.251 e. The molecule has 1 atom stereocenters. The molecule has 2 aromatic rings. The summed E-state index contributed by atoms with van der Waals surface area (Å²) in [6, 6.07) is 7.57. The number of piperidine rings is 1. The molecule has 6 heteroatoms. The van der Waals surface area contributed by atoms with Crippen LogP contribution in [0.2, 0.25) is 0 Å². The van der Waals surface area contributed by atoms with E-state index in [1.54, 1.807) is 14.2 Å². The van der Waals surface area contributed by atoms with Crippen molar-refractivity contribution in [3.63, 3.8) is 0 Å². The summed E-state index contributed by atoms with van der Waals surface area (Å²) in [6.45, 7) is 4.64. The fourth-order valence-corrected chi connectivity index (χ4v) is 3.46. The number of hydrogen-bond donors (Lipinski definition) is 1. The van der Waals surface area contributed by atoms with Crippen LogP contribution < -0.4 is 15.0 Å². The third kappa shape index (κ3) is 4.20. The number of aryl methyl sites for hydroxylation is 1. The third-order valence-corrected chi connectivity index (χ3v) is 4.63. The fourth-order valence-electron chi connectivity index (χ4n) is 3.46. The molecule has 1 aromatic carbocycles. The first-order valence-electron chi connectivity index (χ1n) is 8.60. The molecule has 0 bridgehead atoms. The standard InChI is InChI=1S/C19H25N3O3/c1-13-9-18(23)21-19(20-13)15-5-4-8-22(12-15)11-14-6-7-16(24-2)17(10-14)25-3/h6-7,9-10,15H,4-5,8,11-12H2,1-3H3,(H,20,21,23)/t15-/m0/s1. The second-order valence-corrected chi connectivity index (χ2v) is 6.54. The van der Waals surface area contributed by atoms with Crippen LogP contribution in [-0.4, -0.2) is 42.2 Å². The Labute approximate surface area is 147 Å². The van der Waals surface area contributed by atoms with E-state index in [9.17, 15) is 4.79 Å². The Balaban J connectivity index is 1.72. The number of rotatable bonds is 5. The van der Waals surface area contributed by atoms with Gasteiger partial charge in [-0.3, -0.25) is 9.69 Å². The zero-order chi connectivity index (χ0) is 17.8. The minimum absolute atomic E-state index is 0.0699. The number of benzene rings is 1. The fraction of sp³-hybridized carbons (Fsp3) is 0.474. The summed E-state index contributed by atoms with van der Waals surface area (Å²) >= 11 is 0. The van der Waals surface area contributed by atoms with Crippen LogP contribution in [0.1, 0.15) is 35.8 Å². The molecule has 3 rings (SSSR count). The zero-order valence-corrected chi connectivity index (χ0v) is 15.0. The molecule has 134 valence electrons. The van der Waals surface area contributed by atoms with Gasteiger partial charge in [0.05, 0.1) is 14.2 Å². The predicted octanol–water partition coefficient (Wildman–Crippen LogP) is 2.48. The highest BCUT2D eigenvalue weighted by Gasteiger charge is 2.23. The Kier molecular flexibility index (Phi) is 5.38. The molecular weight excluding hydrogens is 318 g/mol. The Morgan fingerprint density at radius 3 is 2.76 bits per heavy atom. The van der Waals surface area contributed by atoms with Crippen molar-refractivity contribution in [2.24, 2.45) is 0 Å². The summed E-state index contributed by atoms with van der Waals surface area (Å²) in [7, 11) is 3.29.